The predicted octanol–water partition coefficient (Wildman–Crippen LogP) is 1.36. The molecule has 27 heavy (non-hydrogen) atoms. The zero-order valence-electron chi connectivity index (χ0n) is 15.3. The zero-order chi connectivity index (χ0) is 19.5. The van der Waals surface area contributed by atoms with Crippen LogP contribution in [0.15, 0.2) is 54.6 Å². The van der Waals surface area contributed by atoms with Gasteiger partial charge in [0.05, 0.1) is 13.2 Å². The van der Waals surface area contributed by atoms with Crippen LogP contribution in [-0.2, 0) is 17.8 Å². The molecule has 0 aliphatic rings. The third-order valence-electron chi connectivity index (χ3n) is 4.20. The molecule has 0 heterocycles. The van der Waals surface area contributed by atoms with E-state index in [1.165, 1.54) is 4.90 Å². The summed E-state index contributed by atoms with van der Waals surface area (Å²) in [7, 11) is 0. The number of nitrogens with zero attached hydrogens (tertiary/aromatic N) is 1. The standard InChI is InChI=1S/C21H26N2O4/c24-14-12-23(13-15-25)21(27)19-9-6-18(7-10-19)16-22-20(26)11-8-17-4-2-1-3-5-17/h1-7,9-10,24-25H,8,11-16H2,(H,22,26). The fraction of sp³-hybridized carbons (Fsp3) is 0.333. The van der Waals surface area contributed by atoms with Crippen LogP contribution in [0.5, 0.6) is 0 Å². The first-order valence-electron chi connectivity index (χ1n) is 9.04. The summed E-state index contributed by atoms with van der Waals surface area (Å²) in [5.74, 6) is -0.257. The first-order valence-corrected chi connectivity index (χ1v) is 9.04. The molecule has 0 atom stereocenters. The van der Waals surface area contributed by atoms with Crippen molar-refractivity contribution in [3.8, 4) is 0 Å². The van der Waals surface area contributed by atoms with E-state index < -0.39 is 0 Å². The van der Waals surface area contributed by atoms with Crippen LogP contribution in [0.2, 0.25) is 0 Å². The molecular formula is C21H26N2O4. The molecule has 2 aromatic rings. The van der Waals surface area contributed by atoms with E-state index in [1.54, 1.807) is 24.3 Å². The van der Waals surface area contributed by atoms with E-state index in [0.717, 1.165) is 11.1 Å². The number of aliphatic hydroxyl groups excluding tert-OH is 2. The summed E-state index contributed by atoms with van der Waals surface area (Å²) in [5, 5.41) is 20.9. The first kappa shape index (κ1) is 20.6. The largest absolute Gasteiger partial charge is 0.395 e. The number of hydrogen-bond donors (Lipinski definition) is 3. The molecule has 0 spiro atoms. The van der Waals surface area contributed by atoms with Gasteiger partial charge in [-0.25, -0.2) is 0 Å². The van der Waals surface area contributed by atoms with Crippen LogP contribution < -0.4 is 5.32 Å². The molecule has 6 heteroatoms. The molecule has 6 nitrogen and oxygen atoms in total. The second-order valence-electron chi connectivity index (χ2n) is 6.20. The maximum Gasteiger partial charge on any atom is 0.254 e. The van der Waals surface area contributed by atoms with Gasteiger partial charge in [-0.1, -0.05) is 42.5 Å². The zero-order valence-corrected chi connectivity index (χ0v) is 15.3. The molecule has 0 unspecified atom stereocenters. The molecule has 2 rings (SSSR count). The number of aryl methyl sites for hydroxylation is 1. The molecule has 0 radical (unpaired) electrons. The van der Waals surface area contributed by atoms with Crippen LogP contribution in [0.4, 0.5) is 0 Å². The molecule has 0 saturated heterocycles. The summed E-state index contributed by atoms with van der Waals surface area (Å²) >= 11 is 0. The van der Waals surface area contributed by atoms with Crippen molar-refractivity contribution < 1.29 is 19.8 Å². The van der Waals surface area contributed by atoms with E-state index in [9.17, 15) is 9.59 Å². The minimum atomic E-state index is -0.239. The van der Waals surface area contributed by atoms with Gasteiger partial charge in [-0.2, -0.15) is 0 Å². The number of amides is 2. The van der Waals surface area contributed by atoms with Gasteiger partial charge in [0.25, 0.3) is 5.91 Å². The quantitative estimate of drug-likeness (QED) is 0.589. The highest BCUT2D eigenvalue weighted by atomic mass is 16.3. The summed E-state index contributed by atoms with van der Waals surface area (Å²) in [6, 6.07) is 16.8. The van der Waals surface area contributed by atoms with Crippen molar-refractivity contribution in [1.82, 2.24) is 10.2 Å². The number of rotatable bonds is 10. The van der Waals surface area contributed by atoms with Gasteiger partial charge in [-0.3, -0.25) is 9.59 Å². The van der Waals surface area contributed by atoms with Crippen LogP contribution in [0, 0.1) is 0 Å². The van der Waals surface area contributed by atoms with Crippen molar-refractivity contribution in [2.45, 2.75) is 19.4 Å². The molecule has 144 valence electrons. The number of aliphatic hydroxyl groups is 2. The van der Waals surface area contributed by atoms with Crippen LogP contribution >= 0.6 is 0 Å². The molecule has 3 N–H and O–H groups in total. The molecule has 0 aromatic heterocycles. The SMILES string of the molecule is O=C(CCc1ccccc1)NCc1ccc(C(=O)N(CCO)CCO)cc1. The maximum absolute atomic E-state index is 12.4. The summed E-state index contributed by atoms with van der Waals surface area (Å²) < 4.78 is 0. The highest BCUT2D eigenvalue weighted by molar-refractivity contribution is 5.94. The molecular weight excluding hydrogens is 344 g/mol. The van der Waals surface area contributed by atoms with Gasteiger partial charge in [0.15, 0.2) is 0 Å². The van der Waals surface area contributed by atoms with Gasteiger partial charge in [-0.05, 0) is 29.7 Å². The van der Waals surface area contributed by atoms with Gasteiger partial charge >= 0.3 is 0 Å². The highest BCUT2D eigenvalue weighted by Crippen LogP contribution is 2.08. The Morgan fingerprint density at radius 3 is 2.07 bits per heavy atom. The molecule has 0 aliphatic heterocycles. The number of nitrogens with one attached hydrogen (secondary N) is 1. The Bertz CT molecular complexity index is 711. The number of carbonyl (C=O) groups is 2. The highest BCUT2D eigenvalue weighted by Gasteiger charge is 2.14. The maximum atomic E-state index is 12.4. The molecule has 2 aromatic carbocycles. The lowest BCUT2D eigenvalue weighted by Crippen LogP contribution is -2.35. The minimum Gasteiger partial charge on any atom is -0.395 e. The van der Waals surface area contributed by atoms with Crippen LogP contribution in [-0.4, -0.2) is 53.2 Å². The number of benzene rings is 2. The Hall–Kier alpha value is -2.70. The Kier molecular flexibility index (Phi) is 8.48. The van der Waals surface area contributed by atoms with Crippen molar-refractivity contribution in [3.63, 3.8) is 0 Å². The Balaban J connectivity index is 1.82. The van der Waals surface area contributed by atoms with Crippen molar-refractivity contribution in [2.75, 3.05) is 26.3 Å². The van der Waals surface area contributed by atoms with E-state index in [-0.39, 0.29) is 38.1 Å². The van der Waals surface area contributed by atoms with Crippen molar-refractivity contribution in [2.24, 2.45) is 0 Å². The summed E-state index contributed by atoms with van der Waals surface area (Å²) in [6.45, 7) is 0.452. The monoisotopic (exact) mass is 370 g/mol. The lowest BCUT2D eigenvalue weighted by molar-refractivity contribution is -0.121. The normalized spacial score (nSPS) is 10.4. The van der Waals surface area contributed by atoms with E-state index in [0.29, 0.717) is 24.9 Å². The molecule has 0 fully saturated rings. The summed E-state index contributed by atoms with van der Waals surface area (Å²) in [4.78, 5) is 25.7. The molecule has 0 bridgehead atoms. The van der Waals surface area contributed by atoms with E-state index in [1.807, 2.05) is 30.3 Å². The van der Waals surface area contributed by atoms with Crippen LogP contribution in [0.1, 0.15) is 27.9 Å². The van der Waals surface area contributed by atoms with E-state index >= 15 is 0 Å². The van der Waals surface area contributed by atoms with Crippen molar-refractivity contribution >= 4 is 11.8 Å². The fourth-order valence-corrected chi connectivity index (χ4v) is 2.70. The average Bonchev–Trinajstić information content (AvgIpc) is 2.71. The second-order valence-corrected chi connectivity index (χ2v) is 6.20. The first-order chi connectivity index (χ1) is 13.1. The smallest absolute Gasteiger partial charge is 0.254 e. The molecule has 0 aliphatic carbocycles. The predicted molar refractivity (Wildman–Crippen MR) is 103 cm³/mol. The van der Waals surface area contributed by atoms with Gasteiger partial charge < -0.3 is 20.4 Å². The number of carbonyl (C=O) groups excluding carboxylic acids is 2. The van der Waals surface area contributed by atoms with Crippen molar-refractivity contribution in [3.05, 3.63) is 71.3 Å². The average molecular weight is 370 g/mol. The van der Waals surface area contributed by atoms with E-state index in [2.05, 4.69) is 5.32 Å². The Morgan fingerprint density at radius 1 is 0.852 bits per heavy atom. The molecule has 2 amide bonds. The van der Waals surface area contributed by atoms with Gasteiger partial charge in [0, 0.05) is 31.6 Å². The second kappa shape index (κ2) is 11.1. The lowest BCUT2D eigenvalue weighted by Gasteiger charge is -2.20. The molecule has 0 saturated carbocycles. The minimum absolute atomic E-state index is 0.0175. The van der Waals surface area contributed by atoms with Crippen molar-refractivity contribution in [1.29, 1.82) is 0 Å². The third-order valence-corrected chi connectivity index (χ3v) is 4.20. The fourth-order valence-electron chi connectivity index (χ4n) is 2.70. The Labute approximate surface area is 159 Å². The topological polar surface area (TPSA) is 89.9 Å². The summed E-state index contributed by atoms with van der Waals surface area (Å²) in [5.41, 5.74) is 2.51. The Morgan fingerprint density at radius 2 is 1.48 bits per heavy atom. The van der Waals surface area contributed by atoms with Crippen LogP contribution in [0.3, 0.4) is 0 Å². The summed E-state index contributed by atoms with van der Waals surface area (Å²) in [6.07, 6.45) is 1.13. The van der Waals surface area contributed by atoms with Crippen LogP contribution in [0.25, 0.3) is 0 Å². The van der Waals surface area contributed by atoms with Gasteiger partial charge in [-0.15, -0.1) is 0 Å². The lowest BCUT2D eigenvalue weighted by atomic mass is 10.1. The van der Waals surface area contributed by atoms with Gasteiger partial charge in [0.2, 0.25) is 5.91 Å². The van der Waals surface area contributed by atoms with E-state index in [4.69, 9.17) is 10.2 Å². The van der Waals surface area contributed by atoms with Gasteiger partial charge in [0.1, 0.15) is 0 Å². The third kappa shape index (κ3) is 6.84. The number of hydrogen-bond acceptors (Lipinski definition) is 4.